The highest BCUT2D eigenvalue weighted by Gasteiger charge is 2.34. The van der Waals surface area contributed by atoms with Crippen LogP contribution in [0.5, 0.6) is 5.75 Å². The van der Waals surface area contributed by atoms with Crippen LogP contribution in [0.3, 0.4) is 0 Å². The lowest BCUT2D eigenvalue weighted by Crippen LogP contribution is -2.41. The fourth-order valence-corrected chi connectivity index (χ4v) is 4.72. The van der Waals surface area contributed by atoms with Crippen molar-refractivity contribution in [2.45, 2.75) is 136 Å². The van der Waals surface area contributed by atoms with E-state index < -0.39 is 23.3 Å². The van der Waals surface area contributed by atoms with E-state index in [1.165, 1.54) is 56.6 Å². The quantitative estimate of drug-likeness (QED) is 0.180. The van der Waals surface area contributed by atoms with Crippen molar-refractivity contribution in [3.63, 3.8) is 0 Å². The van der Waals surface area contributed by atoms with E-state index in [1.807, 2.05) is 19.1 Å². The SMILES string of the molecule is C1CC1.CC(=O)C1(C)CCC(C)CO1.CCCC(CCC)c1ccc(F)cc1.CCc1cc(OCCCC(=O)O)cc(C(F)(F)F)c1. The number of carboxylic acid groups (broad SMARTS) is 1. The van der Waals surface area contributed by atoms with Crippen molar-refractivity contribution in [1.82, 2.24) is 0 Å². The molecule has 0 bridgehead atoms. The number of ketones is 1. The first-order chi connectivity index (χ1) is 22.1. The molecular weight excluding hydrogens is 612 g/mol. The van der Waals surface area contributed by atoms with Crippen molar-refractivity contribution >= 4 is 11.8 Å². The summed E-state index contributed by atoms with van der Waals surface area (Å²) in [7, 11) is 0. The first kappa shape index (κ1) is 42.1. The maximum absolute atomic E-state index is 12.7. The van der Waals surface area contributed by atoms with Gasteiger partial charge in [-0.05, 0) is 106 Å². The Morgan fingerprint density at radius 1 is 1.02 bits per heavy atom. The molecule has 2 fully saturated rings. The summed E-state index contributed by atoms with van der Waals surface area (Å²) in [5.74, 6) is 0.414. The van der Waals surface area contributed by atoms with Crippen molar-refractivity contribution in [3.05, 3.63) is 65.0 Å². The van der Waals surface area contributed by atoms with Gasteiger partial charge in [0, 0.05) is 6.42 Å². The average molecular weight is 669 g/mol. The minimum Gasteiger partial charge on any atom is -0.494 e. The Hall–Kier alpha value is -2.94. The predicted molar refractivity (Wildman–Crippen MR) is 179 cm³/mol. The van der Waals surface area contributed by atoms with Gasteiger partial charge in [-0.15, -0.1) is 0 Å². The van der Waals surface area contributed by atoms with Crippen LogP contribution in [0.25, 0.3) is 0 Å². The molecule has 0 amide bonds. The van der Waals surface area contributed by atoms with E-state index in [0.717, 1.165) is 31.6 Å². The number of carbonyl (C=O) groups is 2. The zero-order valence-corrected chi connectivity index (χ0v) is 29.2. The van der Waals surface area contributed by atoms with Gasteiger partial charge in [-0.3, -0.25) is 9.59 Å². The molecule has 1 N–H and O–H groups in total. The molecule has 9 heteroatoms. The van der Waals surface area contributed by atoms with Crippen molar-refractivity contribution in [1.29, 1.82) is 0 Å². The Balaban J connectivity index is 0.000000347. The number of halogens is 4. The highest BCUT2D eigenvalue weighted by atomic mass is 19.4. The summed E-state index contributed by atoms with van der Waals surface area (Å²) in [6.45, 7) is 12.6. The molecule has 1 saturated heterocycles. The third-order valence-corrected chi connectivity index (χ3v) is 8.02. The third kappa shape index (κ3) is 18.3. The van der Waals surface area contributed by atoms with Crippen LogP contribution in [-0.4, -0.2) is 35.7 Å². The fourth-order valence-electron chi connectivity index (χ4n) is 4.72. The minimum atomic E-state index is -4.41. The fraction of sp³-hybridized carbons (Fsp3) is 0.632. The monoisotopic (exact) mass is 668 g/mol. The highest BCUT2D eigenvalue weighted by molar-refractivity contribution is 5.84. The Kier molecular flexibility index (Phi) is 19.6. The number of rotatable bonds is 12. The average Bonchev–Trinajstić information content (AvgIpc) is 3.91. The van der Waals surface area contributed by atoms with Crippen molar-refractivity contribution in [3.8, 4) is 5.75 Å². The molecule has 1 aliphatic heterocycles. The van der Waals surface area contributed by atoms with Gasteiger partial charge in [-0.1, -0.05) is 71.9 Å². The zero-order valence-electron chi connectivity index (χ0n) is 29.2. The van der Waals surface area contributed by atoms with E-state index in [1.54, 1.807) is 26.0 Å². The van der Waals surface area contributed by atoms with Crippen molar-refractivity contribution < 1.29 is 41.7 Å². The Bertz CT molecular complexity index is 1160. The summed E-state index contributed by atoms with van der Waals surface area (Å²) >= 11 is 0. The van der Waals surface area contributed by atoms with E-state index in [4.69, 9.17) is 14.6 Å². The number of carbonyl (C=O) groups excluding carboxylic acids is 1. The molecule has 2 aromatic carbocycles. The summed E-state index contributed by atoms with van der Waals surface area (Å²) in [5, 5.41) is 8.44. The molecule has 2 atom stereocenters. The van der Waals surface area contributed by atoms with Gasteiger partial charge in [-0.2, -0.15) is 13.2 Å². The van der Waals surface area contributed by atoms with Crippen molar-refractivity contribution in [2.75, 3.05) is 13.2 Å². The van der Waals surface area contributed by atoms with Gasteiger partial charge in [0.15, 0.2) is 5.78 Å². The number of hydrogen-bond donors (Lipinski definition) is 1. The lowest BCUT2D eigenvalue weighted by molar-refractivity contribution is -0.149. The second-order valence-corrected chi connectivity index (χ2v) is 12.7. The molecule has 2 unspecified atom stereocenters. The molecule has 1 aliphatic carbocycles. The summed E-state index contributed by atoms with van der Waals surface area (Å²) in [6.07, 6.45) is 7.54. The number of aryl methyl sites for hydroxylation is 1. The predicted octanol–water partition coefficient (Wildman–Crippen LogP) is 11.0. The second-order valence-electron chi connectivity index (χ2n) is 12.7. The number of alkyl halides is 3. The number of hydrogen-bond acceptors (Lipinski definition) is 4. The molecule has 266 valence electrons. The molecule has 4 rings (SSSR count). The molecule has 1 heterocycles. The van der Waals surface area contributed by atoms with Crippen LogP contribution in [-0.2, 0) is 26.9 Å². The van der Waals surface area contributed by atoms with E-state index in [9.17, 15) is 27.2 Å². The van der Waals surface area contributed by atoms with Crippen LogP contribution in [0.4, 0.5) is 17.6 Å². The van der Waals surface area contributed by atoms with Gasteiger partial charge in [0.2, 0.25) is 0 Å². The summed E-state index contributed by atoms with van der Waals surface area (Å²) in [6, 6.07) is 10.5. The molecule has 0 radical (unpaired) electrons. The van der Waals surface area contributed by atoms with Crippen LogP contribution in [0.15, 0.2) is 42.5 Å². The standard InChI is InChI=1S/C13H15F3O3.C13H19F.C9H16O2.C3H6/c1-2-9-6-10(13(14,15)16)8-11(7-9)19-5-3-4-12(17)18;1-3-5-11(6-4-2)12-7-9-13(14)10-8-12;1-7-4-5-9(3,8(2)10)11-6-7;1-2-3-1/h6-8H,2-5H2,1H3,(H,17,18);7-11H,3-6H2,1-2H3;7H,4-6H2,1-3H3;1-3H2. The summed E-state index contributed by atoms with van der Waals surface area (Å²) in [4.78, 5) is 21.4. The molecular formula is C38H56F4O5. The largest absolute Gasteiger partial charge is 0.494 e. The lowest BCUT2D eigenvalue weighted by atomic mass is 9.88. The topological polar surface area (TPSA) is 72.8 Å². The maximum Gasteiger partial charge on any atom is 0.416 e. The van der Waals surface area contributed by atoms with Gasteiger partial charge < -0.3 is 14.6 Å². The number of carboxylic acids is 1. The van der Waals surface area contributed by atoms with E-state index in [0.29, 0.717) is 23.8 Å². The molecule has 0 aromatic heterocycles. The number of Topliss-reactive ketones (excluding diaryl/α,β-unsaturated/α-hetero) is 1. The smallest absolute Gasteiger partial charge is 0.416 e. The van der Waals surface area contributed by atoms with Gasteiger partial charge in [0.25, 0.3) is 0 Å². The van der Waals surface area contributed by atoms with Crippen LogP contribution in [0, 0.1) is 11.7 Å². The van der Waals surface area contributed by atoms with E-state index in [-0.39, 0.29) is 36.8 Å². The number of aliphatic carboxylic acids is 1. The third-order valence-electron chi connectivity index (χ3n) is 8.02. The molecule has 5 nitrogen and oxygen atoms in total. The Morgan fingerprint density at radius 2 is 1.62 bits per heavy atom. The molecule has 0 spiro atoms. The Morgan fingerprint density at radius 3 is 2.04 bits per heavy atom. The molecule has 47 heavy (non-hydrogen) atoms. The Labute approximate surface area is 279 Å². The first-order valence-electron chi connectivity index (χ1n) is 17.1. The minimum absolute atomic E-state index is 0.0698. The van der Waals surface area contributed by atoms with Crippen LogP contribution < -0.4 is 4.74 Å². The van der Waals surface area contributed by atoms with Crippen LogP contribution in [0.1, 0.15) is 135 Å². The van der Waals surface area contributed by atoms with Crippen LogP contribution >= 0.6 is 0 Å². The normalized spacial score (nSPS) is 18.4. The van der Waals surface area contributed by atoms with E-state index in [2.05, 4.69) is 20.8 Å². The second kappa shape index (κ2) is 21.8. The van der Waals surface area contributed by atoms with Gasteiger partial charge in [-0.25, -0.2) is 4.39 Å². The maximum atomic E-state index is 12.7. The summed E-state index contributed by atoms with van der Waals surface area (Å²) < 4.78 is 61.3. The van der Waals surface area contributed by atoms with Crippen LogP contribution in [0.2, 0.25) is 0 Å². The zero-order chi connectivity index (χ0) is 35.5. The van der Waals surface area contributed by atoms with Gasteiger partial charge >= 0.3 is 12.1 Å². The van der Waals surface area contributed by atoms with Gasteiger partial charge in [0.1, 0.15) is 17.2 Å². The first-order valence-corrected chi connectivity index (χ1v) is 17.1. The number of benzene rings is 2. The summed E-state index contributed by atoms with van der Waals surface area (Å²) in [5.41, 5.74) is 0.588. The number of ether oxygens (including phenoxy) is 2. The lowest BCUT2D eigenvalue weighted by Gasteiger charge is -2.34. The van der Waals surface area contributed by atoms with Gasteiger partial charge in [0.05, 0.1) is 18.8 Å². The van der Waals surface area contributed by atoms with E-state index >= 15 is 0 Å². The molecule has 2 aliphatic rings. The molecule has 2 aromatic rings. The highest BCUT2D eigenvalue weighted by Crippen LogP contribution is 2.33. The van der Waals surface area contributed by atoms with Crippen molar-refractivity contribution in [2.24, 2.45) is 5.92 Å². The molecule has 1 saturated carbocycles.